The maximum Gasteiger partial charge on any atom is 0.215 e. The number of imidazole rings is 1. The molecule has 3 rings (SSSR count). The zero-order valence-corrected chi connectivity index (χ0v) is 11.1. The van der Waals surface area contributed by atoms with Gasteiger partial charge in [-0.25, -0.2) is 4.98 Å². The number of benzene rings is 1. The Balaban J connectivity index is 1.93. The summed E-state index contributed by atoms with van der Waals surface area (Å²) in [7, 11) is 1.59. The Morgan fingerprint density at radius 3 is 2.89 bits per heavy atom. The molecule has 2 heterocycles. The van der Waals surface area contributed by atoms with Crippen molar-refractivity contribution >= 4 is 22.8 Å². The normalized spacial score (nSPS) is 10.8. The average molecular weight is 274 g/mol. The fourth-order valence-electron chi connectivity index (χ4n) is 1.96. The van der Waals surface area contributed by atoms with E-state index in [0.717, 1.165) is 21.9 Å². The molecule has 1 N–H and O–H groups in total. The monoisotopic (exact) mass is 273 g/mol. The molecule has 4 nitrogen and oxygen atoms in total. The molecule has 1 aromatic carbocycles. The van der Waals surface area contributed by atoms with E-state index in [1.54, 1.807) is 7.11 Å². The first-order chi connectivity index (χ1) is 9.24. The highest BCUT2D eigenvalue weighted by Gasteiger charge is 2.06. The van der Waals surface area contributed by atoms with Crippen LogP contribution in [-0.2, 0) is 6.42 Å². The van der Waals surface area contributed by atoms with Crippen molar-refractivity contribution in [2.75, 3.05) is 7.11 Å². The van der Waals surface area contributed by atoms with Crippen LogP contribution in [-0.4, -0.2) is 22.1 Å². The highest BCUT2D eigenvalue weighted by Crippen LogP contribution is 2.17. The van der Waals surface area contributed by atoms with Gasteiger partial charge in [-0.05, 0) is 23.8 Å². The van der Waals surface area contributed by atoms with E-state index in [9.17, 15) is 0 Å². The minimum absolute atomic E-state index is 0.563. The number of rotatable bonds is 3. The van der Waals surface area contributed by atoms with Gasteiger partial charge < -0.3 is 9.72 Å². The molecule has 0 fully saturated rings. The Labute approximate surface area is 115 Å². The number of methoxy groups -OCH3 is 1. The third-order valence-corrected chi connectivity index (χ3v) is 3.07. The average Bonchev–Trinajstić information content (AvgIpc) is 2.79. The van der Waals surface area contributed by atoms with Crippen molar-refractivity contribution in [2.24, 2.45) is 0 Å². The molecule has 3 aromatic rings. The van der Waals surface area contributed by atoms with Crippen LogP contribution in [0.3, 0.4) is 0 Å². The Hall–Kier alpha value is -2.07. The van der Waals surface area contributed by atoms with Crippen LogP contribution in [0.15, 0.2) is 36.4 Å². The molecule has 0 aliphatic carbocycles. The minimum atomic E-state index is 0.563. The summed E-state index contributed by atoms with van der Waals surface area (Å²) in [5.74, 6) is 1.42. The van der Waals surface area contributed by atoms with Gasteiger partial charge in [-0.2, -0.15) is 4.98 Å². The van der Waals surface area contributed by atoms with Gasteiger partial charge in [-0.3, -0.25) is 0 Å². The third kappa shape index (κ3) is 2.53. The lowest BCUT2D eigenvalue weighted by Gasteiger charge is -1.98. The number of pyridine rings is 1. The molecule has 0 spiro atoms. The molecule has 2 aromatic heterocycles. The predicted octanol–water partition coefficient (Wildman–Crippen LogP) is 3.21. The first-order valence-electron chi connectivity index (χ1n) is 5.88. The SMILES string of the molecule is COc1ccc2[nH]c(Cc3cccc(Cl)c3)nc2n1. The quantitative estimate of drug-likeness (QED) is 0.797. The van der Waals surface area contributed by atoms with Crippen LogP contribution in [0.2, 0.25) is 5.02 Å². The number of ether oxygens (including phenoxy) is 1. The van der Waals surface area contributed by atoms with Crippen LogP contribution >= 0.6 is 11.6 Å². The summed E-state index contributed by atoms with van der Waals surface area (Å²) >= 11 is 5.97. The Bertz CT molecular complexity index is 724. The second kappa shape index (κ2) is 4.90. The smallest absolute Gasteiger partial charge is 0.215 e. The van der Waals surface area contributed by atoms with E-state index >= 15 is 0 Å². The van der Waals surface area contributed by atoms with Gasteiger partial charge in [0.1, 0.15) is 5.82 Å². The molecule has 0 atom stereocenters. The largest absolute Gasteiger partial charge is 0.481 e. The Morgan fingerprint density at radius 1 is 1.21 bits per heavy atom. The van der Waals surface area contributed by atoms with Crippen molar-refractivity contribution in [1.82, 2.24) is 15.0 Å². The maximum atomic E-state index is 5.97. The van der Waals surface area contributed by atoms with Crippen LogP contribution in [0.25, 0.3) is 11.2 Å². The number of aromatic amines is 1. The van der Waals surface area contributed by atoms with Gasteiger partial charge in [0.25, 0.3) is 0 Å². The summed E-state index contributed by atoms with van der Waals surface area (Å²) < 4.78 is 5.08. The predicted molar refractivity (Wildman–Crippen MR) is 74.7 cm³/mol. The van der Waals surface area contributed by atoms with Crippen molar-refractivity contribution in [2.45, 2.75) is 6.42 Å². The lowest BCUT2D eigenvalue weighted by atomic mass is 10.1. The molecule has 19 heavy (non-hydrogen) atoms. The first-order valence-corrected chi connectivity index (χ1v) is 6.26. The number of nitrogens with one attached hydrogen (secondary N) is 1. The first kappa shape index (κ1) is 12.0. The van der Waals surface area contributed by atoms with Crippen LogP contribution in [0, 0.1) is 0 Å². The fourth-order valence-corrected chi connectivity index (χ4v) is 2.18. The molecule has 0 bridgehead atoms. The number of hydrogen-bond acceptors (Lipinski definition) is 3. The molecule has 96 valence electrons. The molecular formula is C14H12ClN3O. The van der Waals surface area contributed by atoms with E-state index in [4.69, 9.17) is 16.3 Å². The number of nitrogens with zero attached hydrogens (tertiary/aromatic N) is 2. The van der Waals surface area contributed by atoms with Gasteiger partial charge in [-0.15, -0.1) is 0 Å². The molecule has 0 aliphatic heterocycles. The van der Waals surface area contributed by atoms with E-state index in [2.05, 4.69) is 15.0 Å². The summed E-state index contributed by atoms with van der Waals surface area (Å²) in [5, 5.41) is 0.730. The topological polar surface area (TPSA) is 50.8 Å². The summed E-state index contributed by atoms with van der Waals surface area (Å²) in [4.78, 5) is 12.0. The molecule has 0 saturated carbocycles. The van der Waals surface area contributed by atoms with Crippen LogP contribution < -0.4 is 4.74 Å². The van der Waals surface area contributed by atoms with Gasteiger partial charge in [-0.1, -0.05) is 23.7 Å². The van der Waals surface area contributed by atoms with Gasteiger partial charge in [0, 0.05) is 17.5 Å². The summed E-state index contributed by atoms with van der Waals surface area (Å²) in [6, 6.07) is 11.5. The fraction of sp³-hybridized carbons (Fsp3) is 0.143. The van der Waals surface area contributed by atoms with Crippen molar-refractivity contribution in [1.29, 1.82) is 0 Å². The van der Waals surface area contributed by atoms with E-state index in [1.165, 1.54) is 0 Å². The molecule has 0 amide bonds. The summed E-state index contributed by atoms with van der Waals surface area (Å²) in [5.41, 5.74) is 2.67. The molecule has 5 heteroatoms. The lowest BCUT2D eigenvalue weighted by Crippen LogP contribution is -1.90. The van der Waals surface area contributed by atoms with Gasteiger partial charge in [0.2, 0.25) is 5.88 Å². The van der Waals surface area contributed by atoms with E-state index in [1.807, 2.05) is 36.4 Å². The molecule has 0 saturated heterocycles. The van der Waals surface area contributed by atoms with Gasteiger partial charge in [0.15, 0.2) is 5.65 Å². The number of H-pyrrole nitrogens is 1. The number of halogens is 1. The van der Waals surface area contributed by atoms with Gasteiger partial charge >= 0.3 is 0 Å². The zero-order valence-electron chi connectivity index (χ0n) is 10.4. The van der Waals surface area contributed by atoms with Gasteiger partial charge in [0.05, 0.1) is 12.6 Å². The molecular weight excluding hydrogens is 262 g/mol. The minimum Gasteiger partial charge on any atom is -0.481 e. The summed E-state index contributed by atoms with van der Waals surface area (Å²) in [6.07, 6.45) is 0.694. The molecule has 0 radical (unpaired) electrons. The number of hydrogen-bond donors (Lipinski definition) is 1. The Kier molecular flexibility index (Phi) is 3.09. The highest BCUT2D eigenvalue weighted by atomic mass is 35.5. The highest BCUT2D eigenvalue weighted by molar-refractivity contribution is 6.30. The number of aromatic nitrogens is 3. The maximum absolute atomic E-state index is 5.97. The van der Waals surface area contributed by atoms with Crippen molar-refractivity contribution < 1.29 is 4.74 Å². The van der Waals surface area contributed by atoms with Crippen LogP contribution in [0.5, 0.6) is 5.88 Å². The zero-order chi connectivity index (χ0) is 13.2. The Morgan fingerprint density at radius 2 is 2.11 bits per heavy atom. The molecule has 0 unspecified atom stereocenters. The van der Waals surface area contributed by atoms with Crippen molar-refractivity contribution in [3.05, 3.63) is 52.8 Å². The third-order valence-electron chi connectivity index (χ3n) is 2.84. The van der Waals surface area contributed by atoms with Crippen molar-refractivity contribution in [3.63, 3.8) is 0 Å². The second-order valence-corrected chi connectivity index (χ2v) is 4.65. The van der Waals surface area contributed by atoms with E-state index in [-0.39, 0.29) is 0 Å². The van der Waals surface area contributed by atoms with Crippen LogP contribution in [0.4, 0.5) is 0 Å². The standard InChI is InChI=1S/C14H12ClN3O/c1-19-13-6-5-11-14(18-13)17-12(16-11)8-9-3-2-4-10(15)7-9/h2-7H,8H2,1H3,(H,16,17,18). The van der Waals surface area contributed by atoms with E-state index < -0.39 is 0 Å². The number of fused-ring (bicyclic) bond motifs is 1. The van der Waals surface area contributed by atoms with Crippen LogP contribution in [0.1, 0.15) is 11.4 Å². The van der Waals surface area contributed by atoms with E-state index in [0.29, 0.717) is 17.9 Å². The van der Waals surface area contributed by atoms with Crippen molar-refractivity contribution in [3.8, 4) is 5.88 Å². The molecule has 0 aliphatic rings. The lowest BCUT2D eigenvalue weighted by molar-refractivity contribution is 0.399. The summed E-state index contributed by atoms with van der Waals surface area (Å²) in [6.45, 7) is 0. The second-order valence-electron chi connectivity index (χ2n) is 4.21.